The quantitative estimate of drug-likeness (QED) is 0.689. The monoisotopic (exact) mass is 401 g/mol. The highest BCUT2D eigenvalue weighted by atomic mass is 16.1. The number of benzene rings is 1. The number of carbonyl (C=O) groups is 1. The Morgan fingerprint density at radius 1 is 1.03 bits per heavy atom. The second kappa shape index (κ2) is 7.28. The first kappa shape index (κ1) is 19.4. The minimum absolute atomic E-state index is 0.0477. The van der Waals surface area contributed by atoms with E-state index in [0.29, 0.717) is 5.92 Å². The van der Waals surface area contributed by atoms with E-state index in [-0.39, 0.29) is 17.4 Å². The summed E-state index contributed by atoms with van der Waals surface area (Å²) in [5.41, 5.74) is 5.52. The largest absolute Gasteiger partial charge is 0.348 e. The van der Waals surface area contributed by atoms with Crippen molar-refractivity contribution in [3.05, 3.63) is 65.9 Å². The van der Waals surface area contributed by atoms with Gasteiger partial charge in [0.05, 0.1) is 11.3 Å². The van der Waals surface area contributed by atoms with E-state index >= 15 is 0 Å². The molecule has 1 N–H and O–H groups in total. The highest BCUT2D eigenvalue weighted by Gasteiger charge is 2.35. The molecule has 0 saturated carbocycles. The topological polar surface area (TPSA) is 36.8 Å². The van der Waals surface area contributed by atoms with Gasteiger partial charge in [-0.15, -0.1) is 0 Å². The van der Waals surface area contributed by atoms with E-state index in [2.05, 4.69) is 77.9 Å². The van der Waals surface area contributed by atoms with Crippen LogP contribution < -0.4 is 5.32 Å². The van der Waals surface area contributed by atoms with Gasteiger partial charge in [-0.05, 0) is 66.6 Å². The third-order valence-electron chi connectivity index (χ3n) is 6.91. The highest BCUT2D eigenvalue weighted by Crippen LogP contribution is 2.29. The van der Waals surface area contributed by atoms with Crippen LogP contribution in [0.15, 0.2) is 54.7 Å². The Labute approximate surface area is 178 Å². The molecular formula is C26H31N3O. The third-order valence-corrected chi connectivity index (χ3v) is 6.91. The van der Waals surface area contributed by atoms with Crippen LogP contribution in [0.2, 0.25) is 0 Å². The second-order valence-electron chi connectivity index (χ2n) is 9.98. The Kier molecular flexibility index (Phi) is 4.70. The summed E-state index contributed by atoms with van der Waals surface area (Å²) in [6.07, 6.45) is 4.40. The molecule has 2 aromatic heterocycles. The number of amides is 1. The zero-order chi connectivity index (χ0) is 20.9. The van der Waals surface area contributed by atoms with Gasteiger partial charge in [0.1, 0.15) is 0 Å². The normalized spacial score (nSPS) is 23.6. The van der Waals surface area contributed by atoms with Gasteiger partial charge in [-0.25, -0.2) is 0 Å². The number of fused-ring (bicyclic) bond motifs is 4. The van der Waals surface area contributed by atoms with E-state index in [1.807, 2.05) is 12.3 Å². The standard InChI is InChI=1S/C26H31N3O/c1-26(2,3)21-9-7-19(8-10-21)24-6-4-5-22-15-20(16-29(22)24)25(30)27-23-17-28-13-11-18(23)12-14-28/h4-10,15-16,18,23H,11-14,17H2,1-3H3,(H,27,30). The highest BCUT2D eigenvalue weighted by molar-refractivity contribution is 5.96. The fourth-order valence-electron chi connectivity index (χ4n) is 5.02. The molecule has 4 heteroatoms. The first-order chi connectivity index (χ1) is 14.4. The molecule has 0 aliphatic carbocycles. The number of piperidine rings is 3. The van der Waals surface area contributed by atoms with Crippen LogP contribution in [0.1, 0.15) is 49.5 Å². The minimum atomic E-state index is 0.0477. The first-order valence-corrected chi connectivity index (χ1v) is 11.1. The summed E-state index contributed by atoms with van der Waals surface area (Å²) in [6, 6.07) is 17.3. The number of pyridine rings is 1. The molecule has 3 saturated heterocycles. The van der Waals surface area contributed by atoms with Gasteiger partial charge in [0.25, 0.3) is 5.91 Å². The summed E-state index contributed by atoms with van der Waals surface area (Å²) in [5, 5.41) is 3.32. The fourth-order valence-corrected chi connectivity index (χ4v) is 5.02. The maximum absolute atomic E-state index is 13.0. The van der Waals surface area contributed by atoms with Crippen LogP contribution in [0.4, 0.5) is 0 Å². The Morgan fingerprint density at radius 3 is 2.40 bits per heavy atom. The molecule has 3 fully saturated rings. The maximum Gasteiger partial charge on any atom is 0.253 e. The fraction of sp³-hybridized carbons (Fsp3) is 0.423. The van der Waals surface area contributed by atoms with E-state index in [4.69, 9.17) is 0 Å². The van der Waals surface area contributed by atoms with Crippen molar-refractivity contribution in [2.45, 2.75) is 45.1 Å². The lowest BCUT2D eigenvalue weighted by atomic mass is 9.84. The number of nitrogens with zero attached hydrogens (tertiary/aromatic N) is 2. The summed E-state index contributed by atoms with van der Waals surface area (Å²) in [4.78, 5) is 15.5. The van der Waals surface area contributed by atoms with Gasteiger partial charge >= 0.3 is 0 Å². The molecule has 1 atom stereocenters. The number of hydrogen-bond donors (Lipinski definition) is 1. The zero-order valence-corrected chi connectivity index (χ0v) is 18.2. The molecule has 1 unspecified atom stereocenters. The van der Waals surface area contributed by atoms with Crippen molar-refractivity contribution in [2.24, 2.45) is 5.92 Å². The Morgan fingerprint density at radius 2 is 1.77 bits per heavy atom. The van der Waals surface area contributed by atoms with Crippen molar-refractivity contribution in [3.8, 4) is 11.3 Å². The third kappa shape index (κ3) is 3.54. The van der Waals surface area contributed by atoms with Gasteiger partial charge in [0.2, 0.25) is 0 Å². The van der Waals surface area contributed by atoms with Crippen molar-refractivity contribution < 1.29 is 4.79 Å². The van der Waals surface area contributed by atoms with Gasteiger partial charge in [0, 0.05) is 24.3 Å². The van der Waals surface area contributed by atoms with Crippen molar-refractivity contribution in [2.75, 3.05) is 19.6 Å². The van der Waals surface area contributed by atoms with Crippen LogP contribution in [0.25, 0.3) is 16.8 Å². The number of carbonyl (C=O) groups excluding carboxylic acids is 1. The molecule has 4 nitrogen and oxygen atoms in total. The molecule has 2 bridgehead atoms. The molecule has 30 heavy (non-hydrogen) atoms. The predicted molar refractivity (Wildman–Crippen MR) is 122 cm³/mol. The van der Waals surface area contributed by atoms with Gasteiger partial charge in [-0.3, -0.25) is 4.79 Å². The molecule has 156 valence electrons. The summed E-state index contributed by atoms with van der Waals surface area (Å²) in [7, 11) is 0. The van der Waals surface area contributed by atoms with E-state index in [0.717, 1.165) is 28.9 Å². The van der Waals surface area contributed by atoms with E-state index in [9.17, 15) is 4.79 Å². The van der Waals surface area contributed by atoms with Crippen LogP contribution >= 0.6 is 0 Å². The van der Waals surface area contributed by atoms with Crippen LogP contribution in [0.3, 0.4) is 0 Å². The number of rotatable bonds is 3. The average Bonchev–Trinajstić information content (AvgIpc) is 3.19. The molecule has 1 amide bonds. The Bertz CT molecular complexity index is 1070. The summed E-state index contributed by atoms with van der Waals surface area (Å²) in [5.74, 6) is 0.680. The minimum Gasteiger partial charge on any atom is -0.348 e. The molecule has 1 aromatic carbocycles. The Balaban J connectivity index is 1.42. The van der Waals surface area contributed by atoms with Gasteiger partial charge in [-0.1, -0.05) is 51.1 Å². The lowest BCUT2D eigenvalue weighted by molar-refractivity contribution is 0.0620. The molecule has 5 heterocycles. The van der Waals surface area contributed by atoms with Gasteiger partial charge in [-0.2, -0.15) is 0 Å². The molecular weight excluding hydrogens is 370 g/mol. The smallest absolute Gasteiger partial charge is 0.253 e. The van der Waals surface area contributed by atoms with Gasteiger partial charge in [0.15, 0.2) is 0 Å². The zero-order valence-electron chi connectivity index (χ0n) is 18.2. The molecule has 3 aliphatic heterocycles. The lowest BCUT2D eigenvalue weighted by Crippen LogP contribution is -2.57. The molecule has 0 spiro atoms. The van der Waals surface area contributed by atoms with Crippen molar-refractivity contribution in [3.63, 3.8) is 0 Å². The van der Waals surface area contributed by atoms with Crippen LogP contribution in [0, 0.1) is 5.92 Å². The molecule has 6 rings (SSSR count). The Hall–Kier alpha value is -2.59. The molecule has 3 aliphatic rings. The van der Waals surface area contributed by atoms with Gasteiger partial charge < -0.3 is 14.6 Å². The summed E-state index contributed by atoms with van der Waals surface area (Å²) in [6.45, 7) is 10.1. The van der Waals surface area contributed by atoms with Crippen molar-refractivity contribution in [1.29, 1.82) is 0 Å². The van der Waals surface area contributed by atoms with Crippen molar-refractivity contribution >= 4 is 11.4 Å². The van der Waals surface area contributed by atoms with Crippen molar-refractivity contribution in [1.82, 2.24) is 14.6 Å². The van der Waals surface area contributed by atoms with E-state index < -0.39 is 0 Å². The summed E-state index contributed by atoms with van der Waals surface area (Å²) >= 11 is 0. The molecule has 3 aromatic rings. The average molecular weight is 402 g/mol. The van der Waals surface area contributed by atoms with Crippen LogP contribution in [-0.2, 0) is 5.41 Å². The number of hydrogen-bond acceptors (Lipinski definition) is 2. The lowest BCUT2D eigenvalue weighted by Gasteiger charge is -2.44. The SMILES string of the molecule is CC(C)(C)c1ccc(-c2cccc3cc(C(=O)NC4CN5CCC4CC5)cn23)cc1. The first-order valence-electron chi connectivity index (χ1n) is 11.1. The van der Waals surface area contributed by atoms with E-state index in [1.54, 1.807) is 0 Å². The predicted octanol–water partition coefficient (Wildman–Crippen LogP) is 4.73. The maximum atomic E-state index is 13.0. The number of nitrogens with one attached hydrogen (secondary N) is 1. The second-order valence-corrected chi connectivity index (χ2v) is 9.98. The van der Waals surface area contributed by atoms with Crippen LogP contribution in [0.5, 0.6) is 0 Å². The van der Waals surface area contributed by atoms with E-state index in [1.165, 1.54) is 31.5 Å². The molecule has 0 radical (unpaired) electrons. The summed E-state index contributed by atoms with van der Waals surface area (Å²) < 4.78 is 2.14. The van der Waals surface area contributed by atoms with Crippen LogP contribution in [-0.4, -0.2) is 40.9 Å². The number of aromatic nitrogens is 1.